The van der Waals surface area contributed by atoms with E-state index in [9.17, 15) is 0 Å². The molecule has 0 bridgehead atoms. The van der Waals surface area contributed by atoms with Crippen molar-refractivity contribution in [1.82, 2.24) is 10.2 Å². The summed E-state index contributed by atoms with van der Waals surface area (Å²) in [5.74, 6) is 0. The smallest absolute Gasteiger partial charge is 0.0670 e. The molecular formula is C33H34Cl4N4. The second-order valence-electron chi connectivity index (χ2n) is 10.4. The van der Waals surface area contributed by atoms with Crippen molar-refractivity contribution in [2.45, 2.75) is 12.1 Å². The third kappa shape index (κ3) is 7.50. The monoisotopic (exact) mass is 626 g/mol. The van der Waals surface area contributed by atoms with Gasteiger partial charge in [-0.1, -0.05) is 107 Å². The second kappa shape index (κ2) is 14.2. The highest BCUT2D eigenvalue weighted by Gasteiger charge is 2.28. The number of anilines is 2. The minimum atomic E-state index is 0.295. The third-order valence-electron chi connectivity index (χ3n) is 7.63. The van der Waals surface area contributed by atoms with E-state index in [4.69, 9.17) is 46.4 Å². The van der Waals surface area contributed by atoms with Crippen molar-refractivity contribution < 1.29 is 0 Å². The molecule has 2 unspecified atom stereocenters. The van der Waals surface area contributed by atoms with Crippen LogP contribution in [0.2, 0.25) is 20.1 Å². The molecule has 4 aromatic carbocycles. The fraction of sp³-hybridized carbons (Fsp3) is 0.273. The van der Waals surface area contributed by atoms with Crippen LogP contribution >= 0.6 is 46.4 Å². The van der Waals surface area contributed by atoms with E-state index >= 15 is 0 Å². The highest BCUT2D eigenvalue weighted by molar-refractivity contribution is 6.37. The van der Waals surface area contributed by atoms with Crippen LogP contribution in [0, 0.1) is 0 Å². The summed E-state index contributed by atoms with van der Waals surface area (Å²) in [5.41, 5.74) is 4.72. The molecule has 0 aliphatic carbocycles. The first-order valence-corrected chi connectivity index (χ1v) is 15.3. The summed E-state index contributed by atoms with van der Waals surface area (Å²) in [6.45, 7) is 5.79. The quantitative estimate of drug-likeness (QED) is 0.244. The Hall–Kier alpha value is -2.44. The normalized spacial score (nSPS) is 19.4. The van der Waals surface area contributed by atoms with Gasteiger partial charge >= 0.3 is 0 Å². The number of likely N-dealkylation sites (N-methyl/N-ethyl adjacent to an activating group) is 1. The maximum Gasteiger partial charge on any atom is 0.0670 e. The first-order chi connectivity index (χ1) is 19.9. The molecule has 41 heavy (non-hydrogen) atoms. The van der Waals surface area contributed by atoms with Crippen LogP contribution in [0.4, 0.5) is 11.4 Å². The Labute approximate surface area is 263 Å². The van der Waals surface area contributed by atoms with Gasteiger partial charge in [-0.05, 0) is 54.6 Å². The highest BCUT2D eigenvalue weighted by atomic mass is 35.5. The van der Waals surface area contributed by atoms with Crippen LogP contribution in [-0.4, -0.2) is 51.2 Å². The van der Waals surface area contributed by atoms with Crippen molar-refractivity contribution >= 4 is 57.8 Å². The summed E-state index contributed by atoms with van der Waals surface area (Å²) < 4.78 is 0. The lowest BCUT2D eigenvalue weighted by molar-refractivity contribution is 0.269. The van der Waals surface area contributed by atoms with E-state index in [0.29, 0.717) is 32.2 Å². The zero-order chi connectivity index (χ0) is 28.8. The first-order valence-electron chi connectivity index (χ1n) is 13.8. The van der Waals surface area contributed by atoms with E-state index < -0.39 is 0 Å². The topological polar surface area (TPSA) is 21.8 Å². The number of halogens is 4. The maximum absolute atomic E-state index is 6.41. The molecular weight excluding hydrogens is 594 g/mol. The minimum absolute atomic E-state index is 0.295. The fourth-order valence-electron chi connectivity index (χ4n) is 5.56. The van der Waals surface area contributed by atoms with Crippen molar-refractivity contribution in [3.05, 3.63) is 128 Å². The van der Waals surface area contributed by atoms with Crippen molar-refractivity contribution in [1.29, 1.82) is 0 Å². The molecule has 4 nitrogen and oxygen atoms in total. The van der Waals surface area contributed by atoms with Crippen molar-refractivity contribution in [3.8, 4) is 0 Å². The second-order valence-corrected chi connectivity index (χ2v) is 12.1. The molecule has 2 fully saturated rings. The van der Waals surface area contributed by atoms with E-state index in [1.54, 1.807) is 0 Å². The molecule has 2 saturated heterocycles. The number of hydrogen-bond donors (Lipinski definition) is 1. The largest absolute Gasteiger partial charge is 0.361 e. The lowest BCUT2D eigenvalue weighted by atomic mass is 10.0. The molecule has 2 aliphatic heterocycles. The van der Waals surface area contributed by atoms with Crippen LogP contribution in [0.25, 0.3) is 0 Å². The van der Waals surface area contributed by atoms with Crippen LogP contribution < -0.4 is 15.1 Å². The fourth-order valence-corrected chi connectivity index (χ4v) is 6.60. The summed E-state index contributed by atoms with van der Waals surface area (Å²) >= 11 is 24.8. The van der Waals surface area contributed by atoms with Crippen molar-refractivity contribution in [2.24, 2.45) is 0 Å². The number of nitrogens with zero attached hydrogens (tertiary/aromatic N) is 3. The number of rotatable bonds is 4. The zero-order valence-corrected chi connectivity index (χ0v) is 26.0. The SMILES string of the molecule is CN1CCN(c2ccc(Cl)cc2Cl)C(c2ccccc2)C1.Clc1ccc(N2CCNCC2c2ccccc2)c(Cl)c1. The summed E-state index contributed by atoms with van der Waals surface area (Å²) in [4.78, 5) is 7.09. The van der Waals surface area contributed by atoms with Gasteiger partial charge in [-0.2, -0.15) is 0 Å². The predicted octanol–water partition coefficient (Wildman–Crippen LogP) is 8.63. The van der Waals surface area contributed by atoms with Gasteiger partial charge in [-0.15, -0.1) is 0 Å². The van der Waals surface area contributed by atoms with Gasteiger partial charge in [0.15, 0.2) is 0 Å². The summed E-state index contributed by atoms with van der Waals surface area (Å²) in [6, 6.07) is 33.2. The summed E-state index contributed by atoms with van der Waals surface area (Å²) in [5, 5.41) is 6.22. The van der Waals surface area contributed by atoms with E-state index in [0.717, 1.165) is 50.6 Å². The van der Waals surface area contributed by atoms with Gasteiger partial charge in [0.05, 0.1) is 33.5 Å². The third-order valence-corrected chi connectivity index (χ3v) is 8.71. The van der Waals surface area contributed by atoms with E-state index in [2.05, 4.69) is 81.7 Å². The molecule has 2 aliphatic rings. The zero-order valence-electron chi connectivity index (χ0n) is 23.0. The van der Waals surface area contributed by atoms with Crippen LogP contribution in [-0.2, 0) is 0 Å². The molecule has 4 aromatic rings. The van der Waals surface area contributed by atoms with E-state index in [1.165, 1.54) is 11.1 Å². The van der Waals surface area contributed by atoms with Crippen LogP contribution in [0.15, 0.2) is 97.1 Å². The van der Waals surface area contributed by atoms with Crippen molar-refractivity contribution in [3.63, 3.8) is 0 Å². The van der Waals surface area contributed by atoms with Crippen molar-refractivity contribution in [2.75, 3.05) is 56.1 Å². The molecule has 1 N–H and O–H groups in total. The molecule has 2 atom stereocenters. The molecule has 0 aromatic heterocycles. The van der Waals surface area contributed by atoms with E-state index in [1.807, 2.05) is 42.5 Å². The molecule has 6 rings (SSSR count). The minimum Gasteiger partial charge on any atom is -0.361 e. The van der Waals surface area contributed by atoms with Crippen LogP contribution in [0.1, 0.15) is 23.2 Å². The molecule has 0 amide bonds. The van der Waals surface area contributed by atoms with E-state index in [-0.39, 0.29) is 0 Å². The Morgan fingerprint density at radius 2 is 1.12 bits per heavy atom. The van der Waals surface area contributed by atoms with Crippen LogP contribution in [0.5, 0.6) is 0 Å². The molecule has 214 valence electrons. The number of piperazine rings is 2. The summed E-state index contributed by atoms with van der Waals surface area (Å²) in [6.07, 6.45) is 0. The Bertz CT molecular complexity index is 1420. The van der Waals surface area contributed by atoms with Crippen LogP contribution in [0.3, 0.4) is 0 Å². The van der Waals surface area contributed by atoms with Gasteiger partial charge in [-0.25, -0.2) is 0 Å². The van der Waals surface area contributed by atoms with Gasteiger partial charge in [0.1, 0.15) is 0 Å². The Kier molecular flexibility index (Phi) is 10.4. The average molecular weight is 628 g/mol. The lowest BCUT2D eigenvalue weighted by Gasteiger charge is -2.42. The van der Waals surface area contributed by atoms with Gasteiger partial charge in [-0.3, -0.25) is 0 Å². The molecule has 0 spiro atoms. The van der Waals surface area contributed by atoms with Gasteiger partial charge in [0.2, 0.25) is 0 Å². The molecule has 8 heteroatoms. The van der Waals surface area contributed by atoms with Gasteiger partial charge in [0, 0.05) is 49.3 Å². The Morgan fingerprint density at radius 3 is 1.66 bits per heavy atom. The predicted molar refractivity (Wildman–Crippen MR) is 176 cm³/mol. The Morgan fingerprint density at radius 1 is 0.610 bits per heavy atom. The first kappa shape index (κ1) is 30.0. The summed E-state index contributed by atoms with van der Waals surface area (Å²) in [7, 11) is 2.16. The highest BCUT2D eigenvalue weighted by Crippen LogP contribution is 2.37. The Balaban J connectivity index is 0.000000165. The average Bonchev–Trinajstić information content (AvgIpc) is 2.99. The number of hydrogen-bond acceptors (Lipinski definition) is 4. The standard InChI is InChI=1S/C17H18Cl2N2.C16H16Cl2N2/c1-20-9-10-21(16-8-7-14(18)11-15(16)19)17(12-20)13-5-3-2-4-6-13;17-13-6-7-15(14(18)10-13)20-9-8-19-11-16(20)12-4-2-1-3-5-12/h2-8,11,17H,9-10,12H2,1H3;1-7,10,16,19H,8-9,11H2. The number of benzene rings is 4. The maximum atomic E-state index is 6.41. The van der Waals surface area contributed by atoms with Gasteiger partial charge < -0.3 is 20.0 Å². The number of nitrogens with one attached hydrogen (secondary N) is 1. The molecule has 0 saturated carbocycles. The lowest BCUT2D eigenvalue weighted by Crippen LogP contribution is -2.47. The van der Waals surface area contributed by atoms with Gasteiger partial charge in [0.25, 0.3) is 0 Å². The molecule has 2 heterocycles. The molecule has 0 radical (unpaired) electrons.